The zero-order valence-electron chi connectivity index (χ0n) is 23.3. The number of nitro groups is 1. The van der Waals surface area contributed by atoms with Crippen LogP contribution in [0.15, 0.2) is 110 Å². The van der Waals surface area contributed by atoms with E-state index in [0.717, 1.165) is 0 Å². The van der Waals surface area contributed by atoms with E-state index in [1.165, 1.54) is 34.1 Å². The Morgan fingerprint density at radius 1 is 1.11 bits per heavy atom. The molecule has 1 amide bonds. The third-order valence-electron chi connectivity index (χ3n) is 7.04. The number of nitrogens with zero attached hydrogens (tertiary/aromatic N) is 3. The number of anilines is 1. The summed E-state index contributed by atoms with van der Waals surface area (Å²) in [4.78, 5) is 43.3. The van der Waals surface area contributed by atoms with Crippen molar-refractivity contribution in [2.24, 2.45) is 4.99 Å². The summed E-state index contributed by atoms with van der Waals surface area (Å²) in [5, 5.41) is 14.2. The van der Waals surface area contributed by atoms with Gasteiger partial charge >= 0.3 is 0 Å². The summed E-state index contributed by atoms with van der Waals surface area (Å²) in [6.45, 7) is 1.75. The summed E-state index contributed by atoms with van der Waals surface area (Å²) in [5.41, 5.74) is 2.08. The fraction of sp³-hybridized carbons (Fsp3) is 0.0938. The number of methoxy groups -OCH3 is 1. The highest BCUT2D eigenvalue weighted by Crippen LogP contribution is 2.34. The number of rotatable bonds is 7. The third kappa shape index (κ3) is 5.46. The van der Waals surface area contributed by atoms with Crippen molar-refractivity contribution in [1.82, 2.24) is 4.57 Å². The number of carbonyl (C=O) groups is 1. The number of halogens is 1. The van der Waals surface area contributed by atoms with Gasteiger partial charge in [-0.3, -0.25) is 24.3 Å². The van der Waals surface area contributed by atoms with Gasteiger partial charge in [-0.05, 0) is 55.0 Å². The van der Waals surface area contributed by atoms with E-state index < -0.39 is 11.0 Å². The molecule has 12 heteroatoms. The Labute approximate surface area is 259 Å². The van der Waals surface area contributed by atoms with Gasteiger partial charge in [-0.1, -0.05) is 53.3 Å². The minimum absolute atomic E-state index is 0.135. The molecule has 1 N–H and O–H groups in total. The minimum atomic E-state index is -0.779. The summed E-state index contributed by atoms with van der Waals surface area (Å²) in [6, 6.07) is 23.0. The van der Waals surface area contributed by atoms with Gasteiger partial charge in [-0.15, -0.1) is 0 Å². The number of nitrogens with one attached hydrogen (secondary N) is 1. The van der Waals surface area contributed by atoms with Crippen LogP contribution in [-0.4, -0.2) is 22.5 Å². The molecule has 1 atom stereocenters. The number of aromatic nitrogens is 1. The molecule has 1 aliphatic heterocycles. The molecule has 6 rings (SSSR count). The number of benzene rings is 3. The van der Waals surface area contributed by atoms with Crippen molar-refractivity contribution in [3.8, 4) is 17.1 Å². The molecule has 2 aromatic heterocycles. The van der Waals surface area contributed by atoms with E-state index in [0.29, 0.717) is 54.7 Å². The predicted octanol–water partition coefficient (Wildman–Crippen LogP) is 5.70. The van der Waals surface area contributed by atoms with Gasteiger partial charge in [0.15, 0.2) is 4.80 Å². The van der Waals surface area contributed by atoms with Crippen LogP contribution < -0.4 is 24.9 Å². The number of non-ortho nitro benzene ring substituents is 1. The van der Waals surface area contributed by atoms with Gasteiger partial charge in [-0.25, -0.2) is 4.99 Å². The van der Waals surface area contributed by atoms with Gasteiger partial charge in [0.2, 0.25) is 0 Å². The minimum Gasteiger partial charge on any atom is -0.497 e. The average Bonchev–Trinajstić information content (AvgIpc) is 3.60. The van der Waals surface area contributed by atoms with Crippen LogP contribution in [-0.2, 0) is 4.79 Å². The number of ether oxygens (including phenoxy) is 1. The van der Waals surface area contributed by atoms with Gasteiger partial charge in [-0.2, -0.15) is 0 Å². The quantitative estimate of drug-likeness (QED) is 0.182. The van der Waals surface area contributed by atoms with Crippen molar-refractivity contribution in [2.45, 2.75) is 13.0 Å². The molecule has 5 aromatic rings. The van der Waals surface area contributed by atoms with Gasteiger partial charge < -0.3 is 14.5 Å². The topological polar surface area (TPSA) is 129 Å². The Balaban J connectivity index is 1.44. The van der Waals surface area contributed by atoms with E-state index in [2.05, 4.69) is 10.3 Å². The molecular formula is C32H23ClN4O6S. The molecule has 1 aliphatic rings. The fourth-order valence-corrected chi connectivity index (χ4v) is 6.28. The van der Waals surface area contributed by atoms with Gasteiger partial charge in [0, 0.05) is 29.5 Å². The smallest absolute Gasteiger partial charge is 0.271 e. The van der Waals surface area contributed by atoms with Crippen LogP contribution in [0.5, 0.6) is 5.75 Å². The number of allylic oxidation sites excluding steroid dienone is 1. The van der Waals surface area contributed by atoms with Crippen LogP contribution in [0, 0.1) is 10.1 Å². The molecule has 10 nitrogen and oxygen atoms in total. The Morgan fingerprint density at radius 2 is 1.91 bits per heavy atom. The number of hydrogen-bond donors (Lipinski definition) is 1. The number of carbonyl (C=O) groups excluding carboxylic acids is 1. The molecular weight excluding hydrogens is 604 g/mol. The van der Waals surface area contributed by atoms with Crippen molar-refractivity contribution in [2.75, 3.05) is 12.4 Å². The third-order valence-corrected chi connectivity index (χ3v) is 8.33. The summed E-state index contributed by atoms with van der Waals surface area (Å²) < 4.78 is 13.3. The van der Waals surface area contributed by atoms with E-state index in [4.69, 9.17) is 20.8 Å². The maximum atomic E-state index is 14.0. The van der Waals surface area contributed by atoms with E-state index >= 15 is 0 Å². The lowest BCUT2D eigenvalue weighted by Crippen LogP contribution is -2.40. The second-order valence-electron chi connectivity index (χ2n) is 9.80. The maximum absolute atomic E-state index is 14.0. The largest absolute Gasteiger partial charge is 0.497 e. The highest BCUT2D eigenvalue weighted by atomic mass is 35.5. The Morgan fingerprint density at radius 3 is 2.64 bits per heavy atom. The number of amides is 1. The van der Waals surface area contributed by atoms with Gasteiger partial charge in [0.1, 0.15) is 17.3 Å². The first-order valence-electron chi connectivity index (χ1n) is 13.3. The highest BCUT2D eigenvalue weighted by Gasteiger charge is 2.33. The van der Waals surface area contributed by atoms with Crippen molar-refractivity contribution < 1.29 is 18.9 Å². The van der Waals surface area contributed by atoms with Crippen LogP contribution >= 0.6 is 22.9 Å². The highest BCUT2D eigenvalue weighted by molar-refractivity contribution is 7.07. The summed E-state index contributed by atoms with van der Waals surface area (Å²) >= 11 is 7.46. The van der Waals surface area contributed by atoms with Crippen LogP contribution in [0.1, 0.15) is 24.3 Å². The molecule has 3 aromatic carbocycles. The lowest BCUT2D eigenvalue weighted by Gasteiger charge is -2.25. The predicted molar refractivity (Wildman–Crippen MR) is 168 cm³/mol. The molecule has 0 fully saturated rings. The molecule has 0 unspecified atom stereocenters. The number of para-hydroxylation sites is 1. The number of furan rings is 1. The molecule has 0 spiro atoms. The van der Waals surface area contributed by atoms with Crippen molar-refractivity contribution in [3.63, 3.8) is 0 Å². The molecule has 3 heterocycles. The molecule has 0 saturated carbocycles. The zero-order valence-corrected chi connectivity index (χ0v) is 24.9. The lowest BCUT2D eigenvalue weighted by atomic mass is 9.95. The number of fused-ring (bicyclic) bond motifs is 1. The van der Waals surface area contributed by atoms with Crippen LogP contribution in [0.25, 0.3) is 17.4 Å². The second kappa shape index (κ2) is 11.8. The maximum Gasteiger partial charge on any atom is 0.271 e. The van der Waals surface area contributed by atoms with Crippen LogP contribution in [0.4, 0.5) is 11.4 Å². The molecule has 0 bridgehead atoms. The van der Waals surface area contributed by atoms with E-state index in [9.17, 15) is 19.7 Å². The molecule has 220 valence electrons. The first-order chi connectivity index (χ1) is 21.2. The van der Waals surface area contributed by atoms with E-state index in [1.807, 2.05) is 24.3 Å². The number of hydrogen-bond acceptors (Lipinski definition) is 8. The summed E-state index contributed by atoms with van der Waals surface area (Å²) in [6.07, 6.45) is 1.60. The Bertz CT molecular complexity index is 2150. The Kier molecular flexibility index (Phi) is 7.73. The van der Waals surface area contributed by atoms with Crippen LogP contribution in [0.3, 0.4) is 0 Å². The molecule has 0 saturated heterocycles. The van der Waals surface area contributed by atoms with Gasteiger partial charge in [0.05, 0.1) is 38.9 Å². The molecule has 0 radical (unpaired) electrons. The first-order valence-corrected chi connectivity index (χ1v) is 14.5. The Hall–Kier alpha value is -5.26. The molecule has 0 aliphatic carbocycles. The van der Waals surface area contributed by atoms with Crippen molar-refractivity contribution in [1.29, 1.82) is 0 Å². The van der Waals surface area contributed by atoms with Crippen LogP contribution in [0.2, 0.25) is 5.02 Å². The first kappa shape index (κ1) is 28.8. The summed E-state index contributed by atoms with van der Waals surface area (Å²) in [7, 11) is 1.55. The number of thiazole rings is 1. The standard InChI is InChI=1S/C32H23ClN4O6S/c1-18-28(30(38)35-20-8-4-3-5-9-20)29(19-7-6-10-22(15-19)42-2)36-31(39)27(44-32(36)34-18)17-23-12-14-26(43-23)24-13-11-21(37(40)41)16-25(24)33/h3-17,29H,1-2H3,(H,35,38)/b27-17-/t29-/m0/s1. The summed E-state index contributed by atoms with van der Waals surface area (Å²) in [5.74, 6) is 0.953. The van der Waals surface area contributed by atoms with Gasteiger partial charge in [0.25, 0.3) is 17.2 Å². The monoisotopic (exact) mass is 626 g/mol. The second-order valence-corrected chi connectivity index (χ2v) is 11.2. The average molecular weight is 627 g/mol. The van der Waals surface area contributed by atoms with E-state index in [1.54, 1.807) is 62.6 Å². The van der Waals surface area contributed by atoms with Crippen molar-refractivity contribution >= 4 is 46.3 Å². The van der Waals surface area contributed by atoms with Crippen molar-refractivity contribution in [3.05, 3.63) is 142 Å². The lowest BCUT2D eigenvalue weighted by molar-refractivity contribution is -0.384. The molecule has 44 heavy (non-hydrogen) atoms. The normalized spacial score (nSPS) is 14.6. The zero-order chi connectivity index (χ0) is 31.0. The fourth-order valence-electron chi connectivity index (χ4n) is 4.98. The number of nitro benzene ring substituents is 1. The van der Waals surface area contributed by atoms with E-state index in [-0.39, 0.29) is 22.2 Å². The SMILES string of the molecule is COc1cccc([C@H]2C(C(=O)Nc3ccccc3)=C(C)N=c3s/c(=C\c4ccc(-c5ccc([N+](=O)[O-])cc5Cl)o4)c(=O)n32)c1.